The Morgan fingerprint density at radius 3 is 2.82 bits per heavy atom. The van der Waals surface area contributed by atoms with E-state index in [2.05, 4.69) is 20.6 Å². The molecule has 0 radical (unpaired) electrons. The number of nitrogens with one attached hydrogen (secondary N) is 2. The van der Waals surface area contributed by atoms with Crippen LogP contribution < -0.4 is 22.2 Å². The van der Waals surface area contributed by atoms with Gasteiger partial charge in [0, 0.05) is 17.8 Å². The Labute approximate surface area is 230 Å². The molecular weight excluding hydrogens is 576 g/mol. The van der Waals surface area contributed by atoms with Crippen LogP contribution in [0.3, 0.4) is 0 Å². The molecule has 0 bridgehead atoms. The first-order valence-corrected chi connectivity index (χ1v) is 13.6. The molecular formula is C20H22N8O8S3. The van der Waals surface area contributed by atoms with Crippen molar-refractivity contribution in [3.05, 3.63) is 37.6 Å². The molecule has 2 aliphatic heterocycles. The van der Waals surface area contributed by atoms with Gasteiger partial charge < -0.3 is 30.9 Å². The van der Waals surface area contributed by atoms with E-state index in [0.29, 0.717) is 17.6 Å². The lowest BCUT2D eigenvalue weighted by molar-refractivity contribution is -0.127. The third kappa shape index (κ3) is 5.43. The summed E-state index contributed by atoms with van der Waals surface area (Å²) >= 11 is 6.50. The van der Waals surface area contributed by atoms with Crippen LogP contribution >= 0.6 is 34.2 Å². The van der Waals surface area contributed by atoms with Crippen LogP contribution in [0.2, 0.25) is 0 Å². The van der Waals surface area contributed by atoms with Crippen LogP contribution in [-0.4, -0.2) is 92.6 Å². The minimum atomic E-state index is -1.61. The number of aliphatic hydroxyl groups excluding tert-OH is 1. The zero-order valence-corrected chi connectivity index (χ0v) is 22.5. The number of carboxylic acid groups (broad SMARTS) is 1. The number of carbonyl (C=O) groups excluding carboxylic acids is 2. The maximum absolute atomic E-state index is 12.9. The Kier molecular flexibility index (Phi) is 8.45. The third-order valence-corrected chi connectivity index (χ3v) is 9.11. The number of hydrogen-bond donors (Lipinski definition) is 5. The van der Waals surface area contributed by atoms with E-state index in [4.69, 9.17) is 22.8 Å². The first-order chi connectivity index (χ1) is 18.6. The quantitative estimate of drug-likeness (QED) is 0.0561. The number of anilines is 1. The number of nitrogens with zero attached hydrogens (tertiary/aromatic N) is 5. The van der Waals surface area contributed by atoms with Crippen molar-refractivity contribution in [1.29, 1.82) is 0 Å². The van der Waals surface area contributed by atoms with Crippen LogP contribution in [0.5, 0.6) is 0 Å². The molecule has 0 aliphatic carbocycles. The number of thiazole rings is 1. The molecule has 4 rings (SSSR count). The van der Waals surface area contributed by atoms with E-state index in [1.54, 1.807) is 0 Å². The predicted molar refractivity (Wildman–Crippen MR) is 145 cm³/mol. The van der Waals surface area contributed by atoms with E-state index in [1.807, 2.05) is 5.10 Å². The average molecular weight is 599 g/mol. The number of thiocarbonyl (C=S) groups is 1. The largest absolute Gasteiger partial charge is 0.473 e. The van der Waals surface area contributed by atoms with Crippen molar-refractivity contribution in [1.82, 2.24) is 29.4 Å². The molecule has 0 aromatic carbocycles. The molecule has 0 saturated carbocycles. The number of fused-ring (bicyclic) bond motifs is 1. The minimum Gasteiger partial charge on any atom is -0.473 e. The SMILES string of the molecule is CON=C(C(=O)NC1C(O)N2C1CCC(CC(=S)c1n[nH]c(=O)c(=O)n1CC=O)=S2C(=O)O)c1csc(N)n1. The fourth-order valence-corrected chi connectivity index (χ4v) is 7.45. The molecule has 2 aromatic rings. The average Bonchev–Trinajstić information content (AvgIpc) is 3.33. The molecule has 2 aromatic heterocycles. The second-order valence-electron chi connectivity index (χ2n) is 8.22. The molecule has 1 amide bonds. The summed E-state index contributed by atoms with van der Waals surface area (Å²) in [5.41, 5.74) is 3.62. The van der Waals surface area contributed by atoms with Crippen molar-refractivity contribution < 1.29 is 29.4 Å². The van der Waals surface area contributed by atoms with Gasteiger partial charge in [-0.2, -0.15) is 5.10 Å². The fraction of sp³-hybridized carbons (Fsp3) is 0.400. The number of rotatable bonds is 9. The molecule has 39 heavy (non-hydrogen) atoms. The van der Waals surface area contributed by atoms with E-state index < -0.39 is 57.9 Å². The number of carbonyl (C=O) groups is 3. The summed E-state index contributed by atoms with van der Waals surface area (Å²) in [5.74, 6) is -0.818. The third-order valence-electron chi connectivity index (χ3n) is 5.97. The first-order valence-electron chi connectivity index (χ1n) is 11.2. The monoisotopic (exact) mass is 598 g/mol. The highest BCUT2D eigenvalue weighted by Crippen LogP contribution is 2.45. The van der Waals surface area contributed by atoms with Gasteiger partial charge in [0.1, 0.15) is 25.3 Å². The second kappa shape index (κ2) is 11.6. The number of nitrogen functional groups attached to an aromatic ring is 1. The number of aldehydes is 1. The molecule has 4 heterocycles. The van der Waals surface area contributed by atoms with E-state index in [9.17, 15) is 34.2 Å². The van der Waals surface area contributed by atoms with E-state index in [1.165, 1.54) is 16.8 Å². The standard InChI is InChI=1S/C20H22N8O8S3/c1-36-26-12(9-7-38-19(21)22-9)15(30)23-13-10-3-2-8(39(20(34)35)28(10)17(13)32)6-11(37)14-24-25-16(31)18(33)27(14)4-5-29/h5,7,10,13,17,32H,2-4,6H2,1H3,(H2,21,22)(H,23,30)(H,25,31)(H,34,35). The summed E-state index contributed by atoms with van der Waals surface area (Å²) in [4.78, 5) is 69.3. The molecule has 1 fully saturated rings. The topological polar surface area (TPSA) is 235 Å². The van der Waals surface area contributed by atoms with Crippen molar-refractivity contribution in [2.24, 2.45) is 5.16 Å². The number of amides is 1. The van der Waals surface area contributed by atoms with Crippen LogP contribution in [0.15, 0.2) is 20.1 Å². The summed E-state index contributed by atoms with van der Waals surface area (Å²) in [6.45, 7) is -0.457. The number of hydrogen-bond acceptors (Lipinski definition) is 14. The molecule has 16 nitrogen and oxygen atoms in total. The van der Waals surface area contributed by atoms with Crippen molar-refractivity contribution in [2.45, 2.75) is 44.1 Å². The van der Waals surface area contributed by atoms with Gasteiger partial charge in [-0.1, -0.05) is 17.4 Å². The number of oxime groups is 1. The van der Waals surface area contributed by atoms with Crippen LogP contribution in [0.4, 0.5) is 9.93 Å². The highest BCUT2D eigenvalue weighted by molar-refractivity contribution is 8.26. The maximum atomic E-state index is 12.9. The van der Waals surface area contributed by atoms with Gasteiger partial charge in [0.2, 0.25) is 0 Å². The zero-order chi connectivity index (χ0) is 28.4. The molecule has 4 atom stereocenters. The Morgan fingerprint density at radius 1 is 1.46 bits per heavy atom. The van der Waals surface area contributed by atoms with E-state index in [-0.39, 0.29) is 40.1 Å². The number of aromatic amines is 1. The van der Waals surface area contributed by atoms with E-state index in [0.717, 1.165) is 15.9 Å². The van der Waals surface area contributed by atoms with Gasteiger partial charge in [-0.3, -0.25) is 19.0 Å². The van der Waals surface area contributed by atoms with Crippen molar-refractivity contribution >= 4 is 72.3 Å². The number of aliphatic hydroxyl groups is 1. The first kappa shape index (κ1) is 28.4. The minimum absolute atomic E-state index is 0.0419. The van der Waals surface area contributed by atoms with Crippen LogP contribution in [0.25, 0.3) is 0 Å². The molecule has 4 unspecified atom stereocenters. The van der Waals surface area contributed by atoms with Crippen molar-refractivity contribution in [3.8, 4) is 0 Å². The maximum Gasteiger partial charge on any atom is 0.373 e. The predicted octanol–water partition coefficient (Wildman–Crippen LogP) is -1.36. The van der Waals surface area contributed by atoms with Crippen molar-refractivity contribution in [3.63, 3.8) is 0 Å². The van der Waals surface area contributed by atoms with Crippen molar-refractivity contribution in [2.75, 3.05) is 12.8 Å². The van der Waals surface area contributed by atoms with E-state index >= 15 is 0 Å². The Balaban J connectivity index is 1.56. The van der Waals surface area contributed by atoms with Gasteiger partial charge in [-0.15, -0.1) is 11.3 Å². The molecule has 208 valence electrons. The van der Waals surface area contributed by atoms with Gasteiger partial charge in [-0.05, 0) is 28.4 Å². The number of aromatic nitrogens is 4. The zero-order valence-electron chi connectivity index (χ0n) is 20.1. The Bertz CT molecular complexity index is 1530. The highest BCUT2D eigenvalue weighted by atomic mass is 32.2. The lowest BCUT2D eigenvalue weighted by Crippen LogP contribution is -2.73. The summed E-state index contributed by atoms with van der Waals surface area (Å²) in [7, 11) is -0.355. The van der Waals surface area contributed by atoms with Crippen LogP contribution in [-0.2, 0) is 21.0 Å². The Hall–Kier alpha value is -3.65. The van der Waals surface area contributed by atoms with Gasteiger partial charge in [-0.25, -0.2) is 19.2 Å². The molecule has 2 aliphatic rings. The van der Waals surface area contributed by atoms with Gasteiger partial charge >= 0.3 is 16.4 Å². The van der Waals surface area contributed by atoms with Gasteiger partial charge in [0.25, 0.3) is 5.91 Å². The summed E-state index contributed by atoms with van der Waals surface area (Å²) in [6, 6.07) is -1.32. The highest BCUT2D eigenvalue weighted by Gasteiger charge is 2.53. The van der Waals surface area contributed by atoms with Gasteiger partial charge in [0.05, 0.1) is 17.5 Å². The van der Waals surface area contributed by atoms with Crippen LogP contribution in [0, 0.1) is 0 Å². The normalized spacial score (nSPS) is 22.9. The fourth-order valence-electron chi connectivity index (χ4n) is 4.31. The van der Waals surface area contributed by atoms with Crippen LogP contribution in [0.1, 0.15) is 30.8 Å². The summed E-state index contributed by atoms with van der Waals surface area (Å²) < 4.78 is 2.19. The molecule has 0 spiro atoms. The number of H-pyrrole nitrogens is 1. The van der Waals surface area contributed by atoms with Gasteiger partial charge in [0.15, 0.2) is 16.7 Å². The summed E-state index contributed by atoms with van der Waals surface area (Å²) in [6.07, 6.45) is -0.377. The Morgan fingerprint density at radius 2 is 2.21 bits per heavy atom. The molecule has 6 N–H and O–H groups in total. The lowest BCUT2D eigenvalue weighted by Gasteiger charge is -2.55. The number of nitrogens with two attached hydrogens (primary N) is 1. The summed E-state index contributed by atoms with van der Waals surface area (Å²) in [5, 5.41) is 33.6. The molecule has 1 saturated heterocycles. The molecule has 19 heteroatoms. The smallest absolute Gasteiger partial charge is 0.373 e. The second-order valence-corrected chi connectivity index (χ2v) is 11.5. The lowest BCUT2D eigenvalue weighted by atomic mass is 9.91.